The third-order valence-corrected chi connectivity index (χ3v) is 4.42. The van der Waals surface area contributed by atoms with Gasteiger partial charge in [-0.3, -0.25) is 14.9 Å². The Balaban J connectivity index is 2.77. The van der Waals surface area contributed by atoms with Crippen molar-refractivity contribution in [3.8, 4) is 0 Å². The lowest BCUT2D eigenvalue weighted by Gasteiger charge is -2.12. The van der Waals surface area contributed by atoms with Gasteiger partial charge in [0.25, 0.3) is 0 Å². The monoisotopic (exact) mass is 369 g/mol. The molecule has 6 nitrogen and oxygen atoms in total. The zero-order valence-electron chi connectivity index (χ0n) is 8.76. The highest BCUT2D eigenvalue weighted by Gasteiger charge is 2.29. The Morgan fingerprint density at radius 2 is 2.24 bits per heavy atom. The van der Waals surface area contributed by atoms with Crippen LogP contribution in [0.4, 0.5) is 5.88 Å². The van der Waals surface area contributed by atoms with Crippen molar-refractivity contribution in [2.75, 3.05) is 6.61 Å². The number of hydrogen-bond acceptors (Lipinski definition) is 5. The van der Waals surface area contributed by atoms with Crippen molar-refractivity contribution >= 4 is 43.7 Å². The maximum absolute atomic E-state index is 11.4. The van der Waals surface area contributed by atoms with Gasteiger partial charge in [-0.05, 0) is 13.0 Å². The minimum Gasteiger partial charge on any atom is -0.465 e. The third-order valence-electron chi connectivity index (χ3n) is 1.83. The van der Waals surface area contributed by atoms with E-state index in [-0.39, 0.29) is 18.3 Å². The van der Waals surface area contributed by atoms with Crippen LogP contribution in [0.2, 0.25) is 0 Å². The molecule has 0 aliphatic heterocycles. The van der Waals surface area contributed by atoms with Crippen LogP contribution >= 0.6 is 31.9 Å². The van der Waals surface area contributed by atoms with Crippen LogP contribution < -0.4 is 0 Å². The molecule has 0 amide bonds. The summed E-state index contributed by atoms with van der Waals surface area (Å²) in [7, 11) is 0. The second-order valence-corrected chi connectivity index (χ2v) is 4.96. The first kappa shape index (κ1) is 14.2. The molecule has 0 N–H and O–H groups in total. The maximum Gasteiger partial charge on any atom is 0.433 e. The number of alkyl halides is 2. The molecule has 0 aromatic carbocycles. The summed E-state index contributed by atoms with van der Waals surface area (Å²) in [5.41, 5.74) is 0. The highest BCUT2D eigenvalue weighted by atomic mass is 79.9. The molecule has 0 saturated carbocycles. The molecule has 8 heteroatoms. The normalized spacial score (nSPS) is 14.1. The molecule has 0 bridgehead atoms. The SMILES string of the molecule is CCOC(=O)[C@H](Br)[C@@H](Br)c1ccc([N+](=O)[O-])o1. The molecular formula is C9H9Br2NO5. The highest BCUT2D eigenvalue weighted by Crippen LogP contribution is 2.34. The number of rotatable bonds is 5. The summed E-state index contributed by atoms with van der Waals surface area (Å²) in [5, 5.41) is 10.4. The van der Waals surface area contributed by atoms with Gasteiger partial charge in [-0.15, -0.1) is 0 Å². The lowest BCUT2D eigenvalue weighted by atomic mass is 10.2. The zero-order chi connectivity index (χ0) is 13.0. The molecule has 0 radical (unpaired) electrons. The quantitative estimate of drug-likeness (QED) is 0.344. The summed E-state index contributed by atoms with van der Waals surface area (Å²) in [4.78, 5) is 20.0. The molecule has 0 saturated heterocycles. The summed E-state index contributed by atoms with van der Waals surface area (Å²) < 4.78 is 9.78. The Labute approximate surface area is 114 Å². The van der Waals surface area contributed by atoms with Crippen molar-refractivity contribution in [2.45, 2.75) is 16.6 Å². The van der Waals surface area contributed by atoms with E-state index in [9.17, 15) is 14.9 Å². The Bertz CT molecular complexity index is 419. The molecule has 1 aromatic heterocycles. The highest BCUT2D eigenvalue weighted by molar-refractivity contribution is 9.12. The van der Waals surface area contributed by atoms with Gasteiger partial charge in [-0.1, -0.05) is 31.9 Å². The second kappa shape index (κ2) is 6.15. The van der Waals surface area contributed by atoms with E-state index in [1.165, 1.54) is 12.1 Å². The largest absolute Gasteiger partial charge is 0.465 e. The summed E-state index contributed by atoms with van der Waals surface area (Å²) >= 11 is 6.36. The predicted octanol–water partition coefficient (Wildman–Crippen LogP) is 2.95. The fraction of sp³-hybridized carbons (Fsp3) is 0.444. The van der Waals surface area contributed by atoms with Gasteiger partial charge < -0.3 is 9.15 Å². The van der Waals surface area contributed by atoms with Gasteiger partial charge in [0.2, 0.25) is 0 Å². The summed E-state index contributed by atoms with van der Waals surface area (Å²) in [6.07, 6.45) is 0. The molecule has 1 heterocycles. The third kappa shape index (κ3) is 3.53. The van der Waals surface area contributed by atoms with E-state index in [1.54, 1.807) is 6.92 Å². The molecule has 2 atom stereocenters. The van der Waals surface area contributed by atoms with E-state index < -0.39 is 20.5 Å². The van der Waals surface area contributed by atoms with E-state index in [0.717, 1.165) is 0 Å². The standard InChI is InChI=1S/C9H9Br2NO5/c1-2-16-9(13)8(11)7(10)5-3-4-6(17-5)12(14)15/h3-4,7-8H,2H2,1H3/t7-,8+/m0/s1. The number of carbonyl (C=O) groups excluding carboxylic acids is 1. The Hall–Kier alpha value is -0.890. The number of halogens is 2. The molecule has 1 rings (SSSR count). The van der Waals surface area contributed by atoms with Gasteiger partial charge in [0.05, 0.1) is 17.5 Å². The molecule has 0 unspecified atom stereocenters. The number of esters is 1. The Kier molecular flexibility index (Phi) is 5.13. The van der Waals surface area contributed by atoms with Gasteiger partial charge in [0.15, 0.2) is 0 Å². The molecule has 0 spiro atoms. The molecule has 0 fully saturated rings. The van der Waals surface area contributed by atoms with Crippen LogP contribution in [0.1, 0.15) is 17.5 Å². The Morgan fingerprint density at radius 1 is 1.59 bits per heavy atom. The van der Waals surface area contributed by atoms with E-state index in [4.69, 9.17) is 9.15 Å². The van der Waals surface area contributed by atoms with Crippen molar-refractivity contribution in [2.24, 2.45) is 0 Å². The molecule has 17 heavy (non-hydrogen) atoms. The van der Waals surface area contributed by atoms with E-state index >= 15 is 0 Å². The topological polar surface area (TPSA) is 82.6 Å². The van der Waals surface area contributed by atoms with Crippen molar-refractivity contribution in [1.29, 1.82) is 0 Å². The number of ether oxygens (including phenoxy) is 1. The van der Waals surface area contributed by atoms with Gasteiger partial charge in [0.1, 0.15) is 15.5 Å². The van der Waals surface area contributed by atoms with Crippen molar-refractivity contribution in [1.82, 2.24) is 0 Å². The number of nitro groups is 1. The van der Waals surface area contributed by atoms with Crippen molar-refractivity contribution in [3.05, 3.63) is 28.0 Å². The van der Waals surface area contributed by atoms with Crippen LogP contribution in [0.15, 0.2) is 16.5 Å². The second-order valence-electron chi connectivity index (χ2n) is 2.99. The lowest BCUT2D eigenvalue weighted by Crippen LogP contribution is -2.21. The molecular weight excluding hydrogens is 362 g/mol. The number of furan rings is 1. The van der Waals surface area contributed by atoms with Gasteiger partial charge in [-0.25, -0.2) is 0 Å². The minimum absolute atomic E-state index is 0.263. The Morgan fingerprint density at radius 3 is 2.71 bits per heavy atom. The minimum atomic E-state index is -0.673. The van der Waals surface area contributed by atoms with Crippen molar-refractivity contribution in [3.63, 3.8) is 0 Å². The average molecular weight is 371 g/mol. The average Bonchev–Trinajstić information content (AvgIpc) is 2.76. The molecule has 0 aliphatic carbocycles. The van der Waals surface area contributed by atoms with E-state index in [0.29, 0.717) is 0 Å². The predicted molar refractivity (Wildman–Crippen MR) is 66.4 cm³/mol. The van der Waals surface area contributed by atoms with Gasteiger partial charge >= 0.3 is 11.9 Å². The van der Waals surface area contributed by atoms with Crippen LogP contribution in [0.5, 0.6) is 0 Å². The first-order valence-electron chi connectivity index (χ1n) is 4.66. The summed E-state index contributed by atoms with van der Waals surface area (Å²) in [6.45, 7) is 1.96. The smallest absolute Gasteiger partial charge is 0.433 e. The number of carbonyl (C=O) groups is 1. The summed E-state index contributed by atoms with van der Waals surface area (Å²) in [5.74, 6) is -0.548. The number of nitrogens with zero attached hydrogens (tertiary/aromatic N) is 1. The first-order chi connectivity index (χ1) is 7.97. The zero-order valence-corrected chi connectivity index (χ0v) is 11.9. The van der Waals surface area contributed by atoms with Crippen LogP contribution in [0, 0.1) is 10.1 Å². The van der Waals surface area contributed by atoms with Crippen LogP contribution in [0.3, 0.4) is 0 Å². The molecule has 0 aliphatic rings. The van der Waals surface area contributed by atoms with Gasteiger partial charge in [-0.2, -0.15) is 0 Å². The fourth-order valence-corrected chi connectivity index (χ4v) is 1.93. The fourth-order valence-electron chi connectivity index (χ4n) is 1.07. The van der Waals surface area contributed by atoms with E-state index in [2.05, 4.69) is 31.9 Å². The van der Waals surface area contributed by atoms with Crippen molar-refractivity contribution < 1.29 is 18.9 Å². The lowest BCUT2D eigenvalue weighted by molar-refractivity contribution is -0.402. The van der Waals surface area contributed by atoms with Crippen LogP contribution in [0.25, 0.3) is 0 Å². The van der Waals surface area contributed by atoms with E-state index in [1.807, 2.05) is 0 Å². The molecule has 94 valence electrons. The van der Waals surface area contributed by atoms with Gasteiger partial charge in [0, 0.05) is 0 Å². The summed E-state index contributed by atoms with van der Waals surface area (Å²) in [6, 6.07) is 2.67. The number of hydrogen-bond donors (Lipinski definition) is 0. The first-order valence-corrected chi connectivity index (χ1v) is 6.49. The maximum atomic E-state index is 11.4. The van der Waals surface area contributed by atoms with Crippen LogP contribution in [-0.4, -0.2) is 22.3 Å². The molecule has 1 aromatic rings. The van der Waals surface area contributed by atoms with Crippen LogP contribution in [-0.2, 0) is 9.53 Å².